The van der Waals surface area contributed by atoms with Crippen LogP contribution in [0.5, 0.6) is 23.0 Å². The predicted molar refractivity (Wildman–Crippen MR) is 107 cm³/mol. The summed E-state index contributed by atoms with van der Waals surface area (Å²) in [7, 11) is 4.47. The van der Waals surface area contributed by atoms with Crippen LogP contribution in [-0.4, -0.2) is 55.1 Å². The van der Waals surface area contributed by atoms with E-state index >= 15 is 0 Å². The quantitative estimate of drug-likeness (QED) is 0.345. The Hall–Kier alpha value is -3.23. The zero-order valence-corrected chi connectivity index (χ0v) is 15.9. The summed E-state index contributed by atoms with van der Waals surface area (Å²) in [5.74, 6) is 0.0238. The molecule has 0 aliphatic rings. The molecule has 8 nitrogen and oxygen atoms in total. The number of methoxy groups -OCH3 is 2. The molecule has 1 unspecified atom stereocenters. The summed E-state index contributed by atoms with van der Waals surface area (Å²) in [5, 5.41) is 34.4. The Balaban J connectivity index is 2.25. The van der Waals surface area contributed by atoms with Crippen molar-refractivity contribution in [3.05, 3.63) is 41.5 Å². The molecular formula is C20H24N2O6. The first-order chi connectivity index (χ1) is 13.4. The molecule has 0 radical (unpaired) electrons. The molecule has 1 atom stereocenters. The van der Waals surface area contributed by atoms with Gasteiger partial charge in [-0.05, 0) is 42.4 Å². The van der Waals surface area contributed by atoms with Gasteiger partial charge in [-0.2, -0.15) is 0 Å². The molecule has 0 aromatic heterocycles. The van der Waals surface area contributed by atoms with Crippen LogP contribution in [-0.2, 0) is 4.79 Å². The summed E-state index contributed by atoms with van der Waals surface area (Å²) in [5.41, 5.74) is 1.59. The third-order valence-corrected chi connectivity index (χ3v) is 4.08. The molecule has 8 heteroatoms. The molecule has 0 spiro atoms. The molecule has 2 aromatic carbocycles. The standard InChI is InChI=1S/C20H24N2O6/c1-21-15(11-23)20(26)22-14-8-12(6-7-16(14)24)4-5-13-9-17(25)19(28-3)18(10-13)27-2/h4-10,15,21,23-25H,11H2,1-3H3,(H,22,26). The molecule has 0 saturated heterocycles. The second kappa shape index (κ2) is 9.63. The number of aromatic hydroxyl groups is 2. The van der Waals surface area contributed by atoms with Gasteiger partial charge in [-0.1, -0.05) is 18.2 Å². The van der Waals surface area contributed by atoms with Crippen molar-refractivity contribution in [3.8, 4) is 23.0 Å². The highest BCUT2D eigenvalue weighted by atomic mass is 16.5. The number of ether oxygens (including phenoxy) is 2. The normalized spacial score (nSPS) is 12.0. The van der Waals surface area contributed by atoms with Gasteiger partial charge in [0.1, 0.15) is 11.8 Å². The molecule has 28 heavy (non-hydrogen) atoms. The van der Waals surface area contributed by atoms with E-state index in [1.165, 1.54) is 26.4 Å². The first-order valence-corrected chi connectivity index (χ1v) is 8.48. The summed E-state index contributed by atoms with van der Waals surface area (Å²) < 4.78 is 10.3. The molecule has 1 amide bonds. The monoisotopic (exact) mass is 388 g/mol. The van der Waals surface area contributed by atoms with E-state index in [9.17, 15) is 20.1 Å². The first-order valence-electron chi connectivity index (χ1n) is 8.48. The van der Waals surface area contributed by atoms with Gasteiger partial charge in [0, 0.05) is 0 Å². The van der Waals surface area contributed by atoms with Gasteiger partial charge < -0.3 is 35.4 Å². The van der Waals surface area contributed by atoms with Crippen molar-refractivity contribution >= 4 is 23.7 Å². The number of carbonyl (C=O) groups excluding carboxylic acids is 1. The van der Waals surface area contributed by atoms with Gasteiger partial charge in [0.2, 0.25) is 11.7 Å². The first kappa shape index (κ1) is 21.1. The average Bonchev–Trinajstić information content (AvgIpc) is 2.69. The number of phenols is 2. The number of benzene rings is 2. The summed E-state index contributed by atoms with van der Waals surface area (Å²) >= 11 is 0. The van der Waals surface area contributed by atoms with E-state index in [0.717, 1.165) is 0 Å². The van der Waals surface area contributed by atoms with Crippen molar-refractivity contribution < 1.29 is 29.6 Å². The van der Waals surface area contributed by atoms with Gasteiger partial charge in [0.15, 0.2) is 11.5 Å². The van der Waals surface area contributed by atoms with Crippen molar-refractivity contribution in [2.45, 2.75) is 6.04 Å². The zero-order valence-electron chi connectivity index (χ0n) is 15.9. The average molecular weight is 388 g/mol. The van der Waals surface area contributed by atoms with Gasteiger partial charge in [-0.15, -0.1) is 0 Å². The van der Waals surface area contributed by atoms with Gasteiger partial charge in [0.25, 0.3) is 0 Å². The summed E-state index contributed by atoms with van der Waals surface area (Å²) in [6, 6.07) is 7.16. The predicted octanol–water partition coefficient (Wildman–Crippen LogP) is 1.80. The van der Waals surface area contributed by atoms with Crippen LogP contribution in [0.1, 0.15) is 11.1 Å². The van der Waals surface area contributed by atoms with Crippen LogP contribution in [0.3, 0.4) is 0 Å². The number of rotatable bonds is 8. The highest BCUT2D eigenvalue weighted by molar-refractivity contribution is 5.96. The lowest BCUT2D eigenvalue weighted by Crippen LogP contribution is -2.41. The Labute approximate surface area is 163 Å². The zero-order chi connectivity index (χ0) is 20.7. The molecule has 0 fully saturated rings. The van der Waals surface area contributed by atoms with Crippen LogP contribution in [0, 0.1) is 0 Å². The summed E-state index contributed by atoms with van der Waals surface area (Å²) in [6.45, 7) is -0.370. The van der Waals surface area contributed by atoms with Crippen LogP contribution in [0.15, 0.2) is 30.3 Å². The van der Waals surface area contributed by atoms with Crippen LogP contribution < -0.4 is 20.1 Å². The number of amides is 1. The minimum atomic E-state index is -0.784. The molecule has 0 heterocycles. The van der Waals surface area contributed by atoms with Crippen molar-refractivity contribution in [2.75, 3.05) is 33.2 Å². The van der Waals surface area contributed by atoms with E-state index in [1.807, 2.05) is 0 Å². The highest BCUT2D eigenvalue weighted by Crippen LogP contribution is 2.38. The fourth-order valence-corrected chi connectivity index (χ4v) is 2.54. The van der Waals surface area contributed by atoms with E-state index in [-0.39, 0.29) is 29.5 Å². The molecular weight excluding hydrogens is 364 g/mol. The van der Waals surface area contributed by atoms with Gasteiger partial charge in [-0.25, -0.2) is 0 Å². The fraction of sp³-hybridized carbons (Fsp3) is 0.250. The molecule has 5 N–H and O–H groups in total. The SMILES string of the molecule is CNC(CO)C(=O)Nc1cc(C=Cc2cc(O)c(OC)c(OC)c2)ccc1O. The number of carbonyl (C=O) groups is 1. The van der Waals surface area contributed by atoms with Crippen molar-refractivity contribution in [1.82, 2.24) is 5.32 Å². The van der Waals surface area contributed by atoms with Gasteiger partial charge >= 0.3 is 0 Å². The van der Waals surface area contributed by atoms with E-state index in [2.05, 4.69) is 10.6 Å². The number of hydrogen-bond donors (Lipinski definition) is 5. The summed E-state index contributed by atoms with van der Waals surface area (Å²) in [4.78, 5) is 12.1. The molecule has 2 aromatic rings. The third kappa shape index (κ3) is 4.93. The van der Waals surface area contributed by atoms with E-state index in [1.54, 1.807) is 37.4 Å². The lowest BCUT2D eigenvalue weighted by molar-refractivity contribution is -0.118. The maximum Gasteiger partial charge on any atom is 0.243 e. The molecule has 0 bridgehead atoms. The minimum absolute atomic E-state index is 0.0535. The number of likely N-dealkylation sites (N-methyl/N-ethyl adjacent to an activating group) is 1. The number of aliphatic hydroxyl groups is 1. The topological polar surface area (TPSA) is 120 Å². The molecule has 0 aliphatic carbocycles. The largest absolute Gasteiger partial charge is 0.506 e. The number of hydrogen-bond acceptors (Lipinski definition) is 7. The number of nitrogens with one attached hydrogen (secondary N) is 2. The van der Waals surface area contributed by atoms with E-state index < -0.39 is 11.9 Å². The number of phenolic OH excluding ortho intramolecular Hbond substituents is 2. The van der Waals surface area contributed by atoms with Crippen LogP contribution >= 0.6 is 0 Å². The van der Waals surface area contributed by atoms with Crippen molar-refractivity contribution in [3.63, 3.8) is 0 Å². The lowest BCUT2D eigenvalue weighted by Gasteiger charge is -2.14. The Kier molecular flexibility index (Phi) is 7.25. The number of aliphatic hydroxyl groups excluding tert-OH is 1. The Morgan fingerprint density at radius 3 is 2.39 bits per heavy atom. The smallest absolute Gasteiger partial charge is 0.243 e. The maximum absolute atomic E-state index is 12.1. The minimum Gasteiger partial charge on any atom is -0.506 e. The Morgan fingerprint density at radius 2 is 1.79 bits per heavy atom. The van der Waals surface area contributed by atoms with Gasteiger partial charge in [-0.3, -0.25) is 4.79 Å². The van der Waals surface area contributed by atoms with Crippen LogP contribution in [0.2, 0.25) is 0 Å². The maximum atomic E-state index is 12.1. The Morgan fingerprint density at radius 1 is 1.07 bits per heavy atom. The van der Waals surface area contributed by atoms with Gasteiger partial charge in [0.05, 0.1) is 26.5 Å². The van der Waals surface area contributed by atoms with E-state index in [0.29, 0.717) is 16.9 Å². The van der Waals surface area contributed by atoms with Crippen molar-refractivity contribution in [2.24, 2.45) is 0 Å². The third-order valence-electron chi connectivity index (χ3n) is 4.08. The fourth-order valence-electron chi connectivity index (χ4n) is 2.54. The number of anilines is 1. The Bertz CT molecular complexity index is 862. The molecule has 0 aliphatic heterocycles. The van der Waals surface area contributed by atoms with Crippen LogP contribution in [0.4, 0.5) is 5.69 Å². The second-order valence-electron chi connectivity index (χ2n) is 5.90. The molecule has 0 saturated carbocycles. The second-order valence-corrected chi connectivity index (χ2v) is 5.90. The van der Waals surface area contributed by atoms with Crippen molar-refractivity contribution in [1.29, 1.82) is 0 Å². The highest BCUT2D eigenvalue weighted by Gasteiger charge is 2.16. The molecule has 2 rings (SSSR count). The summed E-state index contributed by atoms with van der Waals surface area (Å²) in [6.07, 6.45) is 3.49. The lowest BCUT2D eigenvalue weighted by atomic mass is 10.1. The molecule has 150 valence electrons. The van der Waals surface area contributed by atoms with Crippen LogP contribution in [0.25, 0.3) is 12.2 Å². The van der Waals surface area contributed by atoms with E-state index in [4.69, 9.17) is 9.47 Å².